The number of benzene rings is 1. The van der Waals surface area contributed by atoms with Gasteiger partial charge in [-0.1, -0.05) is 39.0 Å². The standard InChI is InChI=1S/C19H28F3NO5SSi/c1-14(12-13-27-30(6,7)18(2,3)4)17(24)23(5)15-10-8-9-11-16(15)28-29(25,26)19(20,21)22/h8-12H,13H2,1-7H3/b14-12-. The molecule has 1 aromatic rings. The van der Waals surface area contributed by atoms with Crippen molar-refractivity contribution in [3.05, 3.63) is 35.9 Å². The normalized spacial score (nSPS) is 13.9. The second kappa shape index (κ2) is 9.11. The highest BCUT2D eigenvalue weighted by Crippen LogP contribution is 2.36. The number of halogens is 3. The first kappa shape index (κ1) is 26.2. The van der Waals surface area contributed by atoms with Crippen molar-refractivity contribution in [1.82, 2.24) is 0 Å². The van der Waals surface area contributed by atoms with E-state index in [-0.39, 0.29) is 17.3 Å². The average molecular weight is 468 g/mol. The van der Waals surface area contributed by atoms with Crippen LogP contribution in [0.5, 0.6) is 5.75 Å². The van der Waals surface area contributed by atoms with Crippen LogP contribution in [0.3, 0.4) is 0 Å². The van der Waals surface area contributed by atoms with Crippen molar-refractivity contribution in [3.8, 4) is 5.75 Å². The number of hydrogen-bond donors (Lipinski definition) is 0. The van der Waals surface area contributed by atoms with Gasteiger partial charge in [-0.05, 0) is 37.2 Å². The summed E-state index contributed by atoms with van der Waals surface area (Å²) in [6.45, 7) is 12.1. The van der Waals surface area contributed by atoms with Crippen molar-refractivity contribution in [2.24, 2.45) is 0 Å². The number of nitrogens with zero attached hydrogens (tertiary/aromatic N) is 1. The fourth-order valence-electron chi connectivity index (χ4n) is 2.02. The Bertz CT molecular complexity index is 905. The number of alkyl halides is 3. The fourth-order valence-corrected chi connectivity index (χ4v) is 3.43. The van der Waals surface area contributed by atoms with Crippen LogP contribution < -0.4 is 9.08 Å². The summed E-state index contributed by atoms with van der Waals surface area (Å²) in [7, 11) is -6.56. The van der Waals surface area contributed by atoms with Crippen molar-refractivity contribution in [2.45, 2.75) is 51.3 Å². The minimum atomic E-state index is -5.87. The zero-order valence-electron chi connectivity index (χ0n) is 18.1. The van der Waals surface area contributed by atoms with Crippen LogP contribution in [-0.4, -0.2) is 41.8 Å². The summed E-state index contributed by atoms with van der Waals surface area (Å²) in [6.07, 6.45) is 1.59. The van der Waals surface area contributed by atoms with E-state index in [4.69, 9.17) is 4.43 Å². The van der Waals surface area contributed by atoms with Crippen LogP contribution in [0.2, 0.25) is 18.1 Å². The fraction of sp³-hybridized carbons (Fsp3) is 0.526. The summed E-state index contributed by atoms with van der Waals surface area (Å²) in [5, 5.41) is -0.00417. The molecule has 0 atom stereocenters. The molecular weight excluding hydrogens is 439 g/mol. The van der Waals surface area contributed by atoms with Gasteiger partial charge >= 0.3 is 15.6 Å². The van der Waals surface area contributed by atoms with Gasteiger partial charge in [0.2, 0.25) is 0 Å². The van der Waals surface area contributed by atoms with Crippen LogP contribution in [-0.2, 0) is 19.3 Å². The van der Waals surface area contributed by atoms with Gasteiger partial charge in [0, 0.05) is 12.6 Å². The number of likely N-dealkylation sites (N-methyl/N-ethyl adjacent to an activating group) is 1. The van der Waals surface area contributed by atoms with E-state index in [0.29, 0.717) is 5.57 Å². The van der Waals surface area contributed by atoms with Gasteiger partial charge < -0.3 is 13.5 Å². The van der Waals surface area contributed by atoms with E-state index in [1.54, 1.807) is 13.0 Å². The number of carbonyl (C=O) groups excluding carboxylic acids is 1. The minimum absolute atomic E-state index is 0.00417. The lowest BCUT2D eigenvalue weighted by atomic mass is 10.2. The maximum Gasteiger partial charge on any atom is 0.534 e. The number of anilines is 1. The van der Waals surface area contributed by atoms with E-state index in [0.717, 1.165) is 11.0 Å². The Morgan fingerprint density at radius 3 is 2.20 bits per heavy atom. The summed E-state index contributed by atoms with van der Waals surface area (Å²) in [5.74, 6) is -1.13. The molecular formula is C19H28F3NO5SSi. The predicted molar refractivity (Wildman–Crippen MR) is 112 cm³/mol. The largest absolute Gasteiger partial charge is 0.534 e. The highest BCUT2D eigenvalue weighted by molar-refractivity contribution is 7.88. The first-order valence-electron chi connectivity index (χ1n) is 9.09. The molecule has 0 aromatic heterocycles. The van der Waals surface area contributed by atoms with Crippen LogP contribution in [0.15, 0.2) is 35.9 Å². The molecule has 0 saturated carbocycles. The minimum Gasteiger partial charge on any atom is -0.413 e. The number of hydrogen-bond acceptors (Lipinski definition) is 5. The number of rotatable bonds is 7. The molecule has 11 heteroatoms. The molecule has 0 aliphatic carbocycles. The summed E-state index contributed by atoms with van der Waals surface area (Å²) in [5.41, 5.74) is -5.40. The molecule has 0 saturated heterocycles. The van der Waals surface area contributed by atoms with Gasteiger partial charge in [0.25, 0.3) is 5.91 Å². The molecule has 1 amide bonds. The maximum atomic E-state index is 12.7. The highest BCUT2D eigenvalue weighted by Gasteiger charge is 2.49. The Morgan fingerprint density at radius 2 is 1.70 bits per heavy atom. The molecule has 0 bridgehead atoms. The number of amides is 1. The smallest absolute Gasteiger partial charge is 0.413 e. The maximum absolute atomic E-state index is 12.7. The van der Waals surface area contributed by atoms with Gasteiger partial charge in [0.15, 0.2) is 14.1 Å². The highest BCUT2D eigenvalue weighted by atomic mass is 32.2. The van der Waals surface area contributed by atoms with E-state index in [9.17, 15) is 26.4 Å². The summed E-state index contributed by atoms with van der Waals surface area (Å²) >= 11 is 0. The molecule has 0 heterocycles. The monoisotopic (exact) mass is 467 g/mol. The first-order valence-corrected chi connectivity index (χ1v) is 13.4. The van der Waals surface area contributed by atoms with E-state index < -0.39 is 35.6 Å². The lowest BCUT2D eigenvalue weighted by Gasteiger charge is -2.35. The Labute approximate surface area is 176 Å². The molecule has 0 unspecified atom stereocenters. The van der Waals surface area contributed by atoms with Crippen LogP contribution in [0, 0.1) is 0 Å². The zero-order valence-corrected chi connectivity index (χ0v) is 19.9. The van der Waals surface area contributed by atoms with Crippen molar-refractivity contribution in [3.63, 3.8) is 0 Å². The van der Waals surface area contributed by atoms with E-state index in [1.165, 1.54) is 25.2 Å². The van der Waals surface area contributed by atoms with Gasteiger partial charge in [-0.2, -0.15) is 21.6 Å². The number of carbonyl (C=O) groups is 1. The van der Waals surface area contributed by atoms with Crippen molar-refractivity contribution < 1.29 is 35.0 Å². The van der Waals surface area contributed by atoms with E-state index in [2.05, 4.69) is 38.0 Å². The van der Waals surface area contributed by atoms with E-state index >= 15 is 0 Å². The van der Waals surface area contributed by atoms with E-state index in [1.807, 2.05) is 0 Å². The topological polar surface area (TPSA) is 72.9 Å². The Morgan fingerprint density at radius 1 is 1.17 bits per heavy atom. The quantitative estimate of drug-likeness (QED) is 0.248. The van der Waals surface area contributed by atoms with Crippen LogP contribution in [0.1, 0.15) is 27.7 Å². The van der Waals surface area contributed by atoms with Crippen LogP contribution >= 0.6 is 0 Å². The summed E-state index contributed by atoms with van der Waals surface area (Å²) < 4.78 is 70.8. The first-order chi connectivity index (χ1) is 13.4. The molecule has 6 nitrogen and oxygen atoms in total. The molecule has 0 radical (unpaired) electrons. The second-order valence-electron chi connectivity index (χ2n) is 8.27. The van der Waals surface area contributed by atoms with Crippen LogP contribution in [0.4, 0.5) is 18.9 Å². The lowest BCUT2D eigenvalue weighted by molar-refractivity contribution is -0.114. The lowest BCUT2D eigenvalue weighted by Crippen LogP contribution is -2.40. The predicted octanol–water partition coefficient (Wildman–Crippen LogP) is 4.85. The summed E-state index contributed by atoms with van der Waals surface area (Å²) in [6, 6.07) is 5.09. The van der Waals surface area contributed by atoms with Gasteiger partial charge in [-0.25, -0.2) is 0 Å². The summed E-state index contributed by atoms with van der Waals surface area (Å²) in [4.78, 5) is 13.7. The molecule has 170 valence electrons. The third kappa shape index (κ3) is 6.32. The number of para-hydroxylation sites is 2. The second-order valence-corrected chi connectivity index (χ2v) is 14.6. The molecule has 1 aromatic carbocycles. The zero-order chi connectivity index (χ0) is 23.5. The Kier molecular flexibility index (Phi) is 7.95. The molecule has 0 fully saturated rings. The SMILES string of the molecule is C/C(=C/CO[Si](C)(C)C(C)(C)C)C(=O)N(C)c1ccccc1OS(=O)(=O)C(F)(F)F. The Balaban J connectivity index is 3.04. The van der Waals surface area contributed by atoms with Gasteiger partial charge in [0.05, 0.1) is 12.3 Å². The Hall–Kier alpha value is -1.85. The third-order valence-corrected chi connectivity index (χ3v) is 10.5. The van der Waals surface area contributed by atoms with Crippen LogP contribution in [0.25, 0.3) is 0 Å². The molecule has 1 rings (SSSR count). The molecule has 0 aliphatic heterocycles. The van der Waals surface area contributed by atoms with Gasteiger partial charge in [-0.15, -0.1) is 0 Å². The molecule has 0 spiro atoms. The molecule has 0 N–H and O–H groups in total. The van der Waals surface area contributed by atoms with Crippen molar-refractivity contribution in [1.29, 1.82) is 0 Å². The molecule has 30 heavy (non-hydrogen) atoms. The third-order valence-electron chi connectivity index (χ3n) is 4.99. The van der Waals surface area contributed by atoms with Gasteiger partial charge in [0.1, 0.15) is 0 Å². The average Bonchev–Trinajstić information content (AvgIpc) is 2.58. The van der Waals surface area contributed by atoms with Crippen molar-refractivity contribution in [2.75, 3.05) is 18.6 Å². The molecule has 0 aliphatic rings. The van der Waals surface area contributed by atoms with Crippen molar-refractivity contribution >= 4 is 30.0 Å². The van der Waals surface area contributed by atoms with Gasteiger partial charge in [-0.3, -0.25) is 4.79 Å².